The third kappa shape index (κ3) is 32.7. The number of carbonyl (C=O) groups is 1. The summed E-state index contributed by atoms with van der Waals surface area (Å²) in [4.78, 5) is 13.0. The van der Waals surface area contributed by atoms with Gasteiger partial charge in [-0.2, -0.15) is 0 Å². The maximum atomic E-state index is 13.0. The molecule has 0 radical (unpaired) electrons. The maximum absolute atomic E-state index is 13.0. The lowest BCUT2D eigenvalue weighted by molar-refractivity contribution is -0.302. The molecule has 1 aliphatic rings. The molecule has 1 aliphatic heterocycles. The number of hydrogen-bond donors (Lipinski definition) is 6. The Morgan fingerprint density at radius 3 is 1.41 bits per heavy atom. The molecule has 0 aromatic carbocycles. The van der Waals surface area contributed by atoms with Gasteiger partial charge in [-0.05, 0) is 44.9 Å². The van der Waals surface area contributed by atoms with Gasteiger partial charge in [0.2, 0.25) is 5.91 Å². The molecule has 0 aromatic heterocycles. The highest BCUT2D eigenvalue weighted by molar-refractivity contribution is 5.76. The van der Waals surface area contributed by atoms with Crippen LogP contribution in [0, 0.1) is 0 Å². The summed E-state index contributed by atoms with van der Waals surface area (Å²) >= 11 is 0. The van der Waals surface area contributed by atoms with Crippen LogP contribution in [0.4, 0.5) is 0 Å². The van der Waals surface area contributed by atoms with E-state index < -0.39 is 49.5 Å². The number of rotatable bonds is 43. The van der Waals surface area contributed by atoms with E-state index in [4.69, 9.17) is 9.47 Å². The quantitative estimate of drug-likeness (QED) is 0.0202. The number of unbranched alkanes of at least 4 members (excludes halogenated alkanes) is 30. The van der Waals surface area contributed by atoms with Crippen LogP contribution in [0.1, 0.15) is 232 Å². The molecule has 0 bridgehead atoms. The zero-order valence-corrected chi connectivity index (χ0v) is 39.4. The Morgan fingerprint density at radius 2 is 0.951 bits per heavy atom. The Balaban J connectivity index is 2.30. The molecule has 1 heterocycles. The Bertz CT molecular complexity index is 1050. The van der Waals surface area contributed by atoms with E-state index in [0.29, 0.717) is 6.42 Å². The standard InChI is InChI=1S/C52H97NO8/c1-3-5-7-9-11-13-15-17-19-21-23-25-27-29-31-33-35-37-39-41-46(55)45(44-60-52-51(59)50(58)49(57)47(43-54)61-52)53-48(56)42-40-38-36-34-32-30-28-26-24-22-20-18-16-14-12-10-8-6-4-2/h12,14,16,18,39,41,45-47,49-52,54-55,57-59H,3-11,13,15,17,19-38,40,42-44H2,1-2H3,(H,53,56)/b14-12-,18-16-,41-39+. The molecule has 9 heteroatoms. The average molecular weight is 864 g/mol. The molecule has 1 fully saturated rings. The van der Waals surface area contributed by atoms with Gasteiger partial charge >= 0.3 is 0 Å². The molecule has 358 valence electrons. The molecule has 0 aromatic rings. The Labute approximate surface area is 374 Å². The largest absolute Gasteiger partial charge is 0.394 e. The van der Waals surface area contributed by atoms with Crippen molar-refractivity contribution in [3.05, 3.63) is 36.5 Å². The topological polar surface area (TPSA) is 149 Å². The number of nitrogens with one attached hydrogen (secondary N) is 1. The lowest BCUT2D eigenvalue weighted by Gasteiger charge is -2.40. The molecule has 7 atom stereocenters. The molecule has 7 unspecified atom stereocenters. The second-order valence-corrected chi connectivity index (χ2v) is 18.0. The van der Waals surface area contributed by atoms with Gasteiger partial charge in [-0.25, -0.2) is 0 Å². The number of ether oxygens (including phenoxy) is 2. The third-order valence-electron chi connectivity index (χ3n) is 12.2. The van der Waals surface area contributed by atoms with Gasteiger partial charge in [0.25, 0.3) is 0 Å². The first-order valence-corrected chi connectivity index (χ1v) is 25.7. The lowest BCUT2D eigenvalue weighted by atomic mass is 9.99. The van der Waals surface area contributed by atoms with Crippen molar-refractivity contribution in [3.8, 4) is 0 Å². The van der Waals surface area contributed by atoms with Crippen molar-refractivity contribution < 1.29 is 39.8 Å². The van der Waals surface area contributed by atoms with Crippen LogP contribution in [0.2, 0.25) is 0 Å². The number of aliphatic hydroxyl groups is 5. The first kappa shape index (κ1) is 57.4. The van der Waals surface area contributed by atoms with Crippen LogP contribution in [-0.4, -0.2) is 87.5 Å². The average Bonchev–Trinajstić information content (AvgIpc) is 3.26. The van der Waals surface area contributed by atoms with Crippen molar-refractivity contribution in [2.24, 2.45) is 0 Å². The van der Waals surface area contributed by atoms with Gasteiger partial charge in [-0.1, -0.05) is 217 Å². The van der Waals surface area contributed by atoms with E-state index in [0.717, 1.165) is 44.9 Å². The smallest absolute Gasteiger partial charge is 0.220 e. The van der Waals surface area contributed by atoms with E-state index in [-0.39, 0.29) is 12.5 Å². The Kier molecular flexibility index (Phi) is 39.9. The molecule has 1 amide bonds. The Morgan fingerprint density at radius 1 is 0.557 bits per heavy atom. The summed E-state index contributed by atoms with van der Waals surface area (Å²) in [6.45, 7) is 3.76. The predicted molar refractivity (Wildman–Crippen MR) is 253 cm³/mol. The van der Waals surface area contributed by atoms with Crippen LogP contribution in [0.3, 0.4) is 0 Å². The molecule has 0 aliphatic carbocycles. The summed E-state index contributed by atoms with van der Waals surface area (Å²) in [5.74, 6) is -0.180. The minimum absolute atomic E-state index is 0.180. The summed E-state index contributed by atoms with van der Waals surface area (Å²) in [7, 11) is 0. The highest BCUT2D eigenvalue weighted by Gasteiger charge is 2.44. The molecule has 0 saturated carbocycles. The van der Waals surface area contributed by atoms with Gasteiger partial charge in [0, 0.05) is 6.42 Å². The van der Waals surface area contributed by atoms with E-state index in [1.54, 1.807) is 6.08 Å². The lowest BCUT2D eigenvalue weighted by Crippen LogP contribution is -2.60. The number of allylic oxidation sites excluding steroid dienone is 5. The number of amides is 1. The first-order valence-electron chi connectivity index (χ1n) is 25.7. The van der Waals surface area contributed by atoms with Gasteiger partial charge in [0.05, 0.1) is 25.4 Å². The van der Waals surface area contributed by atoms with Gasteiger partial charge in [-0.15, -0.1) is 0 Å². The van der Waals surface area contributed by atoms with Crippen LogP contribution < -0.4 is 5.32 Å². The molecular formula is C52H97NO8. The summed E-state index contributed by atoms with van der Waals surface area (Å²) in [5.41, 5.74) is 0. The fourth-order valence-corrected chi connectivity index (χ4v) is 8.09. The zero-order chi connectivity index (χ0) is 44.4. The van der Waals surface area contributed by atoms with Crippen LogP contribution in [0.5, 0.6) is 0 Å². The van der Waals surface area contributed by atoms with Gasteiger partial charge < -0.3 is 40.3 Å². The monoisotopic (exact) mass is 864 g/mol. The van der Waals surface area contributed by atoms with Crippen LogP contribution in [-0.2, 0) is 14.3 Å². The number of hydrogen-bond acceptors (Lipinski definition) is 8. The summed E-state index contributed by atoms with van der Waals surface area (Å²) in [6.07, 6.45) is 46.1. The molecule has 0 spiro atoms. The molecular weight excluding hydrogens is 767 g/mol. The third-order valence-corrected chi connectivity index (χ3v) is 12.2. The zero-order valence-electron chi connectivity index (χ0n) is 39.4. The molecule has 9 nitrogen and oxygen atoms in total. The van der Waals surface area contributed by atoms with Crippen LogP contribution in [0.25, 0.3) is 0 Å². The highest BCUT2D eigenvalue weighted by Crippen LogP contribution is 2.23. The fraction of sp³-hybridized carbons (Fsp3) is 0.865. The molecule has 6 N–H and O–H groups in total. The van der Waals surface area contributed by atoms with Crippen molar-refractivity contribution >= 4 is 5.91 Å². The number of carbonyl (C=O) groups excluding carboxylic acids is 1. The summed E-state index contributed by atoms with van der Waals surface area (Å²) in [6, 6.07) is -0.806. The molecule has 61 heavy (non-hydrogen) atoms. The molecule has 1 rings (SSSR count). The first-order chi connectivity index (χ1) is 29.8. The van der Waals surface area contributed by atoms with Crippen molar-refractivity contribution in [1.82, 2.24) is 5.32 Å². The second kappa shape index (κ2) is 42.4. The van der Waals surface area contributed by atoms with E-state index >= 15 is 0 Å². The summed E-state index contributed by atoms with van der Waals surface area (Å²) < 4.78 is 11.2. The van der Waals surface area contributed by atoms with Crippen LogP contribution >= 0.6 is 0 Å². The predicted octanol–water partition coefficient (Wildman–Crippen LogP) is 11.6. The van der Waals surface area contributed by atoms with Gasteiger partial charge in [0.1, 0.15) is 24.4 Å². The minimum atomic E-state index is -1.57. The van der Waals surface area contributed by atoms with Crippen molar-refractivity contribution in [2.75, 3.05) is 13.2 Å². The van der Waals surface area contributed by atoms with Crippen LogP contribution in [0.15, 0.2) is 36.5 Å². The van der Waals surface area contributed by atoms with E-state index in [2.05, 4.69) is 43.5 Å². The van der Waals surface area contributed by atoms with Crippen molar-refractivity contribution in [3.63, 3.8) is 0 Å². The van der Waals surface area contributed by atoms with E-state index in [1.165, 1.54) is 167 Å². The molecule has 1 saturated heterocycles. The Hall–Kier alpha value is -1.59. The minimum Gasteiger partial charge on any atom is -0.394 e. The maximum Gasteiger partial charge on any atom is 0.220 e. The normalized spacial score (nSPS) is 20.7. The van der Waals surface area contributed by atoms with E-state index in [9.17, 15) is 30.3 Å². The second-order valence-electron chi connectivity index (χ2n) is 18.0. The van der Waals surface area contributed by atoms with Crippen molar-refractivity contribution in [1.29, 1.82) is 0 Å². The highest BCUT2D eigenvalue weighted by atomic mass is 16.7. The fourth-order valence-electron chi connectivity index (χ4n) is 8.09. The summed E-state index contributed by atoms with van der Waals surface area (Å²) in [5, 5.41) is 54.4. The van der Waals surface area contributed by atoms with Crippen molar-refractivity contribution in [2.45, 2.75) is 275 Å². The SMILES string of the molecule is CCCCC/C=C\C=C/CCCCCCCCCCCCC(=O)NC(COC1OC(CO)C(O)C(O)C1O)C(O)/C=C/CCCCCCCCCCCCCCCCCCC. The van der Waals surface area contributed by atoms with Gasteiger partial charge in [0.15, 0.2) is 6.29 Å². The van der Waals surface area contributed by atoms with E-state index in [1.807, 2.05) is 6.08 Å². The van der Waals surface area contributed by atoms with Gasteiger partial charge in [-0.3, -0.25) is 4.79 Å². The number of aliphatic hydroxyl groups excluding tert-OH is 5.